The zero-order chi connectivity index (χ0) is 27.9. The van der Waals surface area contributed by atoms with Crippen LogP contribution < -0.4 is 14.8 Å². The van der Waals surface area contributed by atoms with E-state index in [1.807, 2.05) is 73.7 Å². The number of benzene rings is 4. The fraction of sp³-hybridized carbons (Fsp3) is 0.125. The van der Waals surface area contributed by atoms with Gasteiger partial charge in [0.2, 0.25) is 0 Å². The molecule has 0 bridgehead atoms. The van der Waals surface area contributed by atoms with Crippen LogP contribution in [0.5, 0.6) is 11.5 Å². The number of amides is 1. The summed E-state index contributed by atoms with van der Waals surface area (Å²) in [4.78, 5) is 12.5. The third-order valence-corrected chi connectivity index (χ3v) is 6.88. The number of ether oxygens (including phenoxy) is 2. The zero-order valence-corrected chi connectivity index (χ0v) is 23.3. The number of aromatic nitrogens is 1. The van der Waals surface area contributed by atoms with Gasteiger partial charge >= 0.3 is 0 Å². The zero-order valence-electron chi connectivity index (χ0n) is 21.7. The van der Waals surface area contributed by atoms with E-state index in [2.05, 4.69) is 26.4 Å². The van der Waals surface area contributed by atoms with Crippen LogP contribution >= 0.6 is 15.9 Å². The second-order valence-corrected chi connectivity index (χ2v) is 9.73. The van der Waals surface area contributed by atoms with Gasteiger partial charge in [0.1, 0.15) is 30.5 Å². The van der Waals surface area contributed by atoms with Gasteiger partial charge in [0.05, 0.1) is 10.0 Å². The lowest BCUT2D eigenvalue weighted by Gasteiger charge is -2.17. The second kappa shape index (κ2) is 12.6. The Hall–Kier alpha value is -4.43. The number of nitrogens with one attached hydrogen (secondary N) is 1. The predicted molar refractivity (Wildman–Crippen MR) is 155 cm³/mol. The fourth-order valence-corrected chi connectivity index (χ4v) is 4.67. The van der Waals surface area contributed by atoms with E-state index in [0.29, 0.717) is 46.0 Å². The van der Waals surface area contributed by atoms with Crippen molar-refractivity contribution in [2.45, 2.75) is 20.1 Å². The minimum Gasteiger partial charge on any atom is -0.488 e. The van der Waals surface area contributed by atoms with Crippen LogP contribution in [0.4, 0.5) is 4.39 Å². The smallest absolute Gasteiger partial charge is 0.274 e. The van der Waals surface area contributed by atoms with Gasteiger partial charge in [0, 0.05) is 18.2 Å². The summed E-state index contributed by atoms with van der Waals surface area (Å²) in [6, 6.07) is 29.4. The summed E-state index contributed by atoms with van der Waals surface area (Å²) in [5.74, 6) is 0.627. The van der Waals surface area contributed by atoms with Gasteiger partial charge in [-0.2, -0.15) is 0 Å². The molecule has 5 aromatic rings. The van der Waals surface area contributed by atoms with E-state index in [1.54, 1.807) is 18.2 Å². The van der Waals surface area contributed by atoms with Crippen LogP contribution in [0.1, 0.15) is 28.5 Å². The minimum atomic E-state index is -0.363. The van der Waals surface area contributed by atoms with E-state index < -0.39 is 0 Å². The molecule has 0 spiro atoms. The molecule has 0 aliphatic heterocycles. The Morgan fingerprint density at radius 1 is 0.850 bits per heavy atom. The van der Waals surface area contributed by atoms with Crippen molar-refractivity contribution < 1.29 is 23.2 Å². The third kappa shape index (κ3) is 6.24. The summed E-state index contributed by atoms with van der Waals surface area (Å²) in [5.41, 5.74) is 4.08. The number of hydrogen-bond donors (Lipinski definition) is 1. The quantitative estimate of drug-likeness (QED) is 0.177. The normalized spacial score (nSPS) is 10.8. The molecule has 0 fully saturated rings. The summed E-state index contributed by atoms with van der Waals surface area (Å²) in [6.45, 7) is 2.88. The van der Waals surface area contributed by atoms with Crippen molar-refractivity contribution in [1.29, 1.82) is 0 Å². The van der Waals surface area contributed by atoms with Crippen molar-refractivity contribution in [1.82, 2.24) is 10.5 Å². The average Bonchev–Trinajstić information content (AvgIpc) is 3.37. The molecule has 0 unspecified atom stereocenters. The number of carbonyl (C=O) groups is 1. The first-order valence-electron chi connectivity index (χ1n) is 12.7. The maximum atomic E-state index is 13.8. The van der Waals surface area contributed by atoms with Gasteiger partial charge in [-0.3, -0.25) is 4.79 Å². The van der Waals surface area contributed by atoms with Gasteiger partial charge in [-0.1, -0.05) is 78.0 Å². The summed E-state index contributed by atoms with van der Waals surface area (Å²) in [5, 5.41) is 6.75. The van der Waals surface area contributed by atoms with Gasteiger partial charge < -0.3 is 19.3 Å². The van der Waals surface area contributed by atoms with Crippen LogP contribution in [-0.2, 0) is 13.2 Å². The number of rotatable bonds is 10. The summed E-state index contributed by atoms with van der Waals surface area (Å²) < 4.78 is 32.5. The lowest BCUT2D eigenvalue weighted by Crippen LogP contribution is -2.23. The Labute approximate surface area is 239 Å². The predicted octanol–water partition coefficient (Wildman–Crippen LogP) is 7.82. The molecule has 0 aliphatic rings. The molecular weight excluding hydrogens is 575 g/mol. The van der Waals surface area contributed by atoms with Crippen molar-refractivity contribution in [3.63, 3.8) is 0 Å². The highest BCUT2D eigenvalue weighted by atomic mass is 79.9. The Bertz CT molecular complexity index is 1590. The molecule has 0 radical (unpaired) electrons. The van der Waals surface area contributed by atoms with Crippen LogP contribution in [0.2, 0.25) is 0 Å². The van der Waals surface area contributed by atoms with E-state index in [4.69, 9.17) is 14.0 Å². The first-order valence-corrected chi connectivity index (χ1v) is 13.5. The molecule has 1 N–H and O–H groups in total. The maximum absolute atomic E-state index is 13.8. The van der Waals surface area contributed by atoms with Crippen LogP contribution in [0.3, 0.4) is 0 Å². The molecule has 5 rings (SSSR count). The first-order chi connectivity index (χ1) is 19.5. The molecule has 0 saturated carbocycles. The van der Waals surface area contributed by atoms with Gasteiger partial charge in [-0.15, -0.1) is 0 Å². The van der Waals surface area contributed by atoms with Crippen LogP contribution in [0, 0.1) is 5.82 Å². The number of hydrogen-bond acceptors (Lipinski definition) is 5. The molecule has 6 nitrogen and oxygen atoms in total. The van der Waals surface area contributed by atoms with Crippen molar-refractivity contribution >= 4 is 21.8 Å². The lowest BCUT2D eigenvalue weighted by atomic mass is 9.99. The Morgan fingerprint density at radius 3 is 2.00 bits per heavy atom. The highest BCUT2D eigenvalue weighted by Gasteiger charge is 2.25. The molecule has 1 aromatic heterocycles. The molecule has 202 valence electrons. The first kappa shape index (κ1) is 27.1. The Morgan fingerprint density at radius 2 is 1.43 bits per heavy atom. The molecule has 8 heteroatoms. The lowest BCUT2D eigenvalue weighted by molar-refractivity contribution is 0.0946. The SMILES string of the molecule is CCNC(=O)c1noc(-c2cc(-c3ccc(F)cc3)c(OCc3ccccc3)cc2OCc2ccccc2)c1Br. The third-order valence-electron chi connectivity index (χ3n) is 6.14. The molecule has 1 amide bonds. The molecular formula is C32H26BrFN2O4. The standard InChI is InChI=1S/C32H26BrFN2O4/c1-2-35-32(37)30-29(33)31(40-36-30)26-17-25(23-13-15-24(34)16-14-23)27(38-19-21-9-5-3-6-10-21)18-28(26)39-20-22-11-7-4-8-12-22/h3-18H,2,19-20H2,1H3,(H,35,37). The van der Waals surface area contributed by atoms with Gasteiger partial charge in [-0.25, -0.2) is 4.39 Å². The molecule has 40 heavy (non-hydrogen) atoms. The van der Waals surface area contributed by atoms with Crippen molar-refractivity contribution in [2.24, 2.45) is 0 Å². The van der Waals surface area contributed by atoms with E-state index in [9.17, 15) is 9.18 Å². The minimum absolute atomic E-state index is 0.124. The van der Waals surface area contributed by atoms with E-state index in [0.717, 1.165) is 16.7 Å². The van der Waals surface area contributed by atoms with Gasteiger partial charge in [0.25, 0.3) is 5.91 Å². The molecule has 4 aromatic carbocycles. The average molecular weight is 601 g/mol. The van der Waals surface area contributed by atoms with Crippen molar-refractivity contribution in [3.05, 3.63) is 124 Å². The number of nitrogens with zero attached hydrogens (tertiary/aromatic N) is 1. The second-order valence-electron chi connectivity index (χ2n) is 8.93. The van der Waals surface area contributed by atoms with Crippen LogP contribution in [-0.4, -0.2) is 17.6 Å². The highest BCUT2D eigenvalue weighted by molar-refractivity contribution is 9.10. The van der Waals surface area contributed by atoms with Crippen LogP contribution in [0.25, 0.3) is 22.5 Å². The number of carbonyl (C=O) groups excluding carboxylic acids is 1. The Kier molecular flexibility index (Phi) is 8.56. The van der Waals surface area contributed by atoms with Crippen molar-refractivity contribution in [3.8, 4) is 33.9 Å². The van der Waals surface area contributed by atoms with E-state index in [1.165, 1.54) is 12.1 Å². The molecule has 0 saturated heterocycles. The Balaban J connectivity index is 1.62. The molecule has 0 aliphatic carbocycles. The summed E-state index contributed by atoms with van der Waals surface area (Å²) >= 11 is 3.51. The monoisotopic (exact) mass is 600 g/mol. The van der Waals surface area contributed by atoms with Gasteiger partial charge in [0.15, 0.2) is 11.5 Å². The summed E-state index contributed by atoms with van der Waals surface area (Å²) in [7, 11) is 0. The summed E-state index contributed by atoms with van der Waals surface area (Å²) in [6.07, 6.45) is 0. The van der Waals surface area contributed by atoms with Crippen molar-refractivity contribution in [2.75, 3.05) is 6.54 Å². The van der Waals surface area contributed by atoms with E-state index in [-0.39, 0.29) is 24.0 Å². The van der Waals surface area contributed by atoms with E-state index >= 15 is 0 Å². The highest BCUT2D eigenvalue weighted by Crippen LogP contribution is 2.44. The molecule has 0 atom stereocenters. The maximum Gasteiger partial charge on any atom is 0.274 e. The van der Waals surface area contributed by atoms with Crippen LogP contribution in [0.15, 0.2) is 106 Å². The topological polar surface area (TPSA) is 73.6 Å². The molecule has 1 heterocycles. The largest absolute Gasteiger partial charge is 0.488 e. The fourth-order valence-electron chi connectivity index (χ4n) is 4.13. The van der Waals surface area contributed by atoms with Gasteiger partial charge in [-0.05, 0) is 57.7 Å². The number of halogens is 2.